The molecular weight excluding hydrogens is 514 g/mol. The maximum absolute atomic E-state index is 13.7. The lowest BCUT2D eigenvalue weighted by molar-refractivity contribution is -0.132. The number of likely N-dealkylation sites (tertiary alicyclic amines) is 1. The van der Waals surface area contributed by atoms with Gasteiger partial charge in [0.15, 0.2) is 5.78 Å². The maximum Gasteiger partial charge on any atom is 0.268 e. The van der Waals surface area contributed by atoms with Gasteiger partial charge in [0.2, 0.25) is 5.91 Å². The van der Waals surface area contributed by atoms with Crippen LogP contribution in [-0.2, 0) is 11.3 Å². The number of aromatic nitrogens is 2. The van der Waals surface area contributed by atoms with Crippen LogP contribution in [0.25, 0.3) is 23.1 Å². The number of halogens is 2. The Morgan fingerprint density at radius 1 is 1.07 bits per heavy atom. The van der Waals surface area contributed by atoms with Crippen molar-refractivity contribution >= 4 is 34.7 Å². The normalized spacial score (nSPS) is 19.2. The molecule has 2 aliphatic heterocycles. The molecule has 2 fully saturated rings. The van der Waals surface area contributed by atoms with Gasteiger partial charge in [0.1, 0.15) is 6.04 Å². The third kappa shape index (κ3) is 6.55. The van der Waals surface area contributed by atoms with Gasteiger partial charge in [0, 0.05) is 75.3 Å². The second-order valence-electron chi connectivity index (χ2n) is 10.2. The summed E-state index contributed by atoms with van der Waals surface area (Å²) in [6.45, 7) is 4.06. The fourth-order valence-corrected chi connectivity index (χ4v) is 5.12. The molecule has 0 saturated carbocycles. The number of carbonyl (C=O) groups excluding carboxylic acids is 2. The van der Waals surface area contributed by atoms with Crippen LogP contribution in [0.15, 0.2) is 48.8 Å². The number of pyridine rings is 2. The van der Waals surface area contributed by atoms with Crippen LogP contribution in [0.5, 0.6) is 0 Å². The molecule has 1 aromatic carbocycles. The van der Waals surface area contributed by atoms with E-state index in [-0.39, 0.29) is 18.6 Å². The molecule has 0 unspecified atom stereocenters. The number of benzene rings is 1. The lowest BCUT2D eigenvalue weighted by Crippen LogP contribution is -2.43. The monoisotopic (exact) mass is 544 g/mol. The first-order valence-electron chi connectivity index (χ1n) is 13.4. The van der Waals surface area contributed by atoms with Crippen LogP contribution in [0.4, 0.5) is 8.78 Å². The molecule has 1 atom stereocenters. The van der Waals surface area contributed by atoms with Crippen molar-refractivity contribution in [2.24, 2.45) is 0 Å². The zero-order chi connectivity index (χ0) is 28.1. The highest BCUT2D eigenvalue weighted by molar-refractivity contribution is 6.08. The number of piperazine rings is 1. The first-order valence-corrected chi connectivity index (χ1v) is 13.4. The van der Waals surface area contributed by atoms with Crippen molar-refractivity contribution in [3.63, 3.8) is 0 Å². The highest BCUT2D eigenvalue weighted by atomic mass is 19.3. The third-order valence-electron chi connectivity index (χ3n) is 7.28. The lowest BCUT2D eigenvalue weighted by Gasteiger charge is -2.26. The van der Waals surface area contributed by atoms with Crippen molar-refractivity contribution in [1.29, 1.82) is 5.26 Å². The SMILES string of the molecule is N#C[C@@H]1CC(F)(F)CN1C(=O)CCC(=O)c1ccnc2ccc(/C=C/c3ccc(CN4CCNCC4)nc3)cc12. The molecule has 10 heteroatoms. The van der Waals surface area contributed by atoms with E-state index >= 15 is 0 Å². The number of nitrogens with one attached hydrogen (secondary N) is 1. The van der Waals surface area contributed by atoms with Crippen LogP contribution >= 0.6 is 0 Å². The molecule has 40 heavy (non-hydrogen) atoms. The second kappa shape index (κ2) is 12.0. The van der Waals surface area contributed by atoms with E-state index in [2.05, 4.69) is 20.2 Å². The maximum atomic E-state index is 13.7. The molecule has 2 aliphatic rings. The van der Waals surface area contributed by atoms with Crippen molar-refractivity contribution in [2.75, 3.05) is 32.7 Å². The molecular formula is C30H30F2N6O2. The molecule has 0 aliphatic carbocycles. The smallest absolute Gasteiger partial charge is 0.268 e. The van der Waals surface area contributed by atoms with E-state index in [1.807, 2.05) is 48.7 Å². The minimum absolute atomic E-state index is 0.149. The quantitative estimate of drug-likeness (QED) is 0.429. The lowest BCUT2D eigenvalue weighted by atomic mass is 10.00. The summed E-state index contributed by atoms with van der Waals surface area (Å²) in [5.41, 5.74) is 3.90. The molecule has 0 spiro atoms. The first kappa shape index (κ1) is 27.5. The highest BCUT2D eigenvalue weighted by Gasteiger charge is 2.47. The Balaban J connectivity index is 1.25. The van der Waals surface area contributed by atoms with Gasteiger partial charge in [-0.15, -0.1) is 0 Å². The van der Waals surface area contributed by atoms with Gasteiger partial charge in [0.05, 0.1) is 23.8 Å². The third-order valence-corrected chi connectivity index (χ3v) is 7.28. The number of fused-ring (bicyclic) bond motifs is 1. The summed E-state index contributed by atoms with van der Waals surface area (Å²) in [4.78, 5) is 37.8. The molecule has 2 aromatic heterocycles. The summed E-state index contributed by atoms with van der Waals surface area (Å²) in [6, 6.07) is 11.9. The summed E-state index contributed by atoms with van der Waals surface area (Å²) in [7, 11) is 0. The standard InChI is InChI=1S/C30H30F2N6O2/c31-30(32)16-24(17-33)38(20-30)29(40)8-7-28(39)25-9-10-35-27-6-4-21(15-26(25)27)1-2-22-3-5-23(36-18-22)19-37-13-11-34-12-14-37/h1-6,9-10,15,18,24,34H,7-8,11-14,16,19-20H2/b2-1+/t24-/m0/s1. The topological polar surface area (TPSA) is 102 Å². The molecule has 8 nitrogen and oxygen atoms in total. The Bertz CT molecular complexity index is 1460. The van der Waals surface area contributed by atoms with Gasteiger partial charge in [-0.3, -0.25) is 24.5 Å². The van der Waals surface area contributed by atoms with E-state index in [0.29, 0.717) is 16.5 Å². The van der Waals surface area contributed by atoms with Crippen LogP contribution in [0.2, 0.25) is 0 Å². The zero-order valence-electron chi connectivity index (χ0n) is 22.0. The Morgan fingerprint density at radius 2 is 1.85 bits per heavy atom. The van der Waals surface area contributed by atoms with Crippen molar-refractivity contribution in [3.05, 3.63) is 71.2 Å². The largest absolute Gasteiger partial charge is 0.320 e. The van der Waals surface area contributed by atoms with Crippen LogP contribution in [0.3, 0.4) is 0 Å². The minimum Gasteiger partial charge on any atom is -0.320 e. The fraction of sp³-hybridized carbons (Fsp3) is 0.367. The van der Waals surface area contributed by atoms with Crippen molar-refractivity contribution in [2.45, 2.75) is 37.8 Å². The predicted molar refractivity (Wildman–Crippen MR) is 147 cm³/mol. The number of Topliss-reactive ketones (excluding diaryl/α,β-unsaturated/α-hetero) is 1. The number of nitriles is 1. The Hall–Kier alpha value is -4.07. The molecule has 0 radical (unpaired) electrons. The first-order chi connectivity index (χ1) is 19.3. The molecule has 1 N–H and O–H groups in total. The van der Waals surface area contributed by atoms with E-state index < -0.39 is 30.8 Å². The van der Waals surface area contributed by atoms with Crippen LogP contribution in [0.1, 0.15) is 46.4 Å². The van der Waals surface area contributed by atoms with E-state index in [1.165, 1.54) is 6.20 Å². The number of hydrogen-bond donors (Lipinski definition) is 1. The van der Waals surface area contributed by atoms with Crippen molar-refractivity contribution in [1.82, 2.24) is 25.1 Å². The number of carbonyl (C=O) groups is 2. The highest BCUT2D eigenvalue weighted by Crippen LogP contribution is 2.32. The summed E-state index contributed by atoms with van der Waals surface area (Å²) >= 11 is 0. The fourth-order valence-electron chi connectivity index (χ4n) is 5.12. The summed E-state index contributed by atoms with van der Waals surface area (Å²) in [5, 5.41) is 13.1. The summed E-state index contributed by atoms with van der Waals surface area (Å²) < 4.78 is 27.4. The number of amides is 1. The van der Waals surface area contributed by atoms with E-state index in [4.69, 9.17) is 5.26 Å². The number of ketones is 1. The van der Waals surface area contributed by atoms with Crippen LogP contribution < -0.4 is 5.32 Å². The van der Waals surface area contributed by atoms with Crippen LogP contribution in [-0.4, -0.2) is 76.1 Å². The summed E-state index contributed by atoms with van der Waals surface area (Å²) in [5.74, 6) is -3.99. The summed E-state index contributed by atoms with van der Waals surface area (Å²) in [6.07, 6.45) is 6.20. The predicted octanol–water partition coefficient (Wildman–Crippen LogP) is 3.93. The number of nitrogens with zero attached hydrogens (tertiary/aromatic N) is 5. The van der Waals surface area contributed by atoms with Gasteiger partial charge < -0.3 is 10.2 Å². The number of hydrogen-bond acceptors (Lipinski definition) is 7. The van der Waals surface area contributed by atoms with E-state index in [9.17, 15) is 18.4 Å². The molecule has 2 saturated heterocycles. The molecule has 0 bridgehead atoms. The van der Waals surface area contributed by atoms with Gasteiger partial charge >= 0.3 is 0 Å². The van der Waals surface area contributed by atoms with Gasteiger partial charge in [-0.25, -0.2) is 8.78 Å². The number of rotatable bonds is 8. The van der Waals surface area contributed by atoms with Crippen molar-refractivity contribution in [3.8, 4) is 6.07 Å². The van der Waals surface area contributed by atoms with Gasteiger partial charge in [0.25, 0.3) is 5.92 Å². The molecule has 4 heterocycles. The Labute approximate surface area is 231 Å². The zero-order valence-corrected chi connectivity index (χ0v) is 22.0. The molecule has 1 amide bonds. The molecule has 5 rings (SSSR count). The Kier molecular flexibility index (Phi) is 8.24. The number of alkyl halides is 2. The minimum atomic E-state index is -3.09. The van der Waals surface area contributed by atoms with Gasteiger partial charge in [-0.1, -0.05) is 24.3 Å². The van der Waals surface area contributed by atoms with Crippen LogP contribution in [0, 0.1) is 11.3 Å². The van der Waals surface area contributed by atoms with Gasteiger partial charge in [-0.05, 0) is 35.4 Å². The average molecular weight is 545 g/mol. The molecule has 206 valence electrons. The average Bonchev–Trinajstić information content (AvgIpc) is 3.30. The Morgan fingerprint density at radius 3 is 2.60 bits per heavy atom. The second-order valence-corrected chi connectivity index (χ2v) is 10.2. The van der Waals surface area contributed by atoms with Crippen molar-refractivity contribution < 1.29 is 18.4 Å². The molecule has 3 aromatic rings. The van der Waals surface area contributed by atoms with Gasteiger partial charge in [-0.2, -0.15) is 5.26 Å². The van der Waals surface area contributed by atoms with E-state index in [1.54, 1.807) is 12.1 Å². The van der Waals surface area contributed by atoms with E-state index in [0.717, 1.165) is 54.4 Å².